The zero-order chi connectivity index (χ0) is 33.0. The summed E-state index contributed by atoms with van der Waals surface area (Å²) in [4.78, 5) is 2.38. The Kier molecular flexibility index (Phi) is 6.75. The molecule has 0 fully saturated rings. The van der Waals surface area contributed by atoms with Gasteiger partial charge in [-0.3, -0.25) is 0 Å². The van der Waals surface area contributed by atoms with Gasteiger partial charge < -0.3 is 4.90 Å². The number of rotatable bonds is 5. The molecule has 2 heteroatoms. The minimum atomic E-state index is 1.12. The molecule has 1 heterocycles. The topological polar surface area (TPSA) is 3.24 Å². The van der Waals surface area contributed by atoms with Crippen molar-refractivity contribution in [3.8, 4) is 22.3 Å². The Bertz CT molecular complexity index is 2850. The van der Waals surface area contributed by atoms with Crippen LogP contribution in [0.25, 0.3) is 74.7 Å². The molecule has 0 aliphatic heterocycles. The highest BCUT2D eigenvalue weighted by Gasteiger charge is 2.17. The molecule has 1 aromatic heterocycles. The number of hydrogen-bond donors (Lipinski definition) is 0. The first-order valence-corrected chi connectivity index (χ1v) is 17.9. The molecule has 0 saturated heterocycles. The standard InChI is InChI=1S/C48H31NS/c1-2-10-32(11-3-1)33-18-23-36(24-19-33)49(38-27-29-44-43-16-8-9-17-47(43)50-48(44)30-38)37-25-20-35(21-26-37)45-31-46-39-13-5-4-12-34(39)22-28-42(46)40-14-6-7-15-41(40)45/h1-31H. The van der Waals surface area contributed by atoms with Crippen LogP contribution in [0.5, 0.6) is 0 Å². The number of hydrogen-bond acceptors (Lipinski definition) is 2. The van der Waals surface area contributed by atoms with Gasteiger partial charge in [0.25, 0.3) is 0 Å². The number of thiophene rings is 1. The normalized spacial score (nSPS) is 11.6. The Morgan fingerprint density at radius 1 is 0.300 bits per heavy atom. The number of nitrogens with zero attached hydrogens (tertiary/aromatic N) is 1. The van der Waals surface area contributed by atoms with E-state index in [0.29, 0.717) is 0 Å². The zero-order valence-corrected chi connectivity index (χ0v) is 28.1. The van der Waals surface area contributed by atoms with Gasteiger partial charge in [0, 0.05) is 37.2 Å². The zero-order valence-electron chi connectivity index (χ0n) is 27.3. The highest BCUT2D eigenvalue weighted by molar-refractivity contribution is 7.25. The van der Waals surface area contributed by atoms with Gasteiger partial charge in [-0.2, -0.15) is 0 Å². The largest absolute Gasteiger partial charge is 0.310 e. The molecule has 0 saturated carbocycles. The Morgan fingerprint density at radius 2 is 0.840 bits per heavy atom. The maximum Gasteiger partial charge on any atom is 0.0476 e. The van der Waals surface area contributed by atoms with Crippen LogP contribution >= 0.6 is 11.3 Å². The van der Waals surface area contributed by atoms with E-state index in [4.69, 9.17) is 0 Å². The van der Waals surface area contributed by atoms with Gasteiger partial charge in [-0.05, 0) is 103 Å². The van der Waals surface area contributed by atoms with Gasteiger partial charge >= 0.3 is 0 Å². The molecule has 10 aromatic rings. The monoisotopic (exact) mass is 653 g/mol. The molecule has 0 bridgehead atoms. The molecule has 234 valence electrons. The van der Waals surface area contributed by atoms with Crippen LogP contribution in [0, 0.1) is 0 Å². The first kappa shape index (κ1) is 28.8. The highest BCUT2D eigenvalue weighted by Crippen LogP contribution is 2.43. The second-order valence-corrected chi connectivity index (χ2v) is 14.0. The first-order chi connectivity index (χ1) is 24.8. The lowest BCUT2D eigenvalue weighted by atomic mass is 9.91. The van der Waals surface area contributed by atoms with Gasteiger partial charge in [-0.15, -0.1) is 11.3 Å². The van der Waals surface area contributed by atoms with Crippen molar-refractivity contribution in [2.45, 2.75) is 0 Å². The summed E-state index contributed by atoms with van der Waals surface area (Å²) in [5.74, 6) is 0. The average molecular weight is 654 g/mol. The smallest absolute Gasteiger partial charge is 0.0476 e. The SMILES string of the molecule is c1ccc(-c2ccc(N(c3ccc(-c4cc5c6ccccc6ccc5c5ccccc45)cc3)c3ccc4c(c3)sc3ccccc34)cc2)cc1. The van der Waals surface area contributed by atoms with E-state index in [9.17, 15) is 0 Å². The summed E-state index contributed by atoms with van der Waals surface area (Å²) < 4.78 is 2.61. The van der Waals surface area contributed by atoms with Gasteiger partial charge in [0.2, 0.25) is 0 Å². The highest BCUT2D eigenvalue weighted by atomic mass is 32.1. The maximum atomic E-state index is 2.39. The number of anilines is 3. The van der Waals surface area contributed by atoms with Gasteiger partial charge in [0.1, 0.15) is 0 Å². The first-order valence-electron chi connectivity index (χ1n) is 17.1. The quantitative estimate of drug-likeness (QED) is 0.167. The molecule has 0 atom stereocenters. The van der Waals surface area contributed by atoms with Crippen molar-refractivity contribution in [2.24, 2.45) is 0 Å². The van der Waals surface area contributed by atoms with Crippen LogP contribution in [0.1, 0.15) is 0 Å². The fourth-order valence-electron chi connectivity index (χ4n) is 7.62. The van der Waals surface area contributed by atoms with E-state index < -0.39 is 0 Å². The van der Waals surface area contributed by atoms with Crippen molar-refractivity contribution < 1.29 is 0 Å². The Morgan fingerprint density at radius 3 is 1.62 bits per heavy atom. The minimum absolute atomic E-state index is 1.12. The third-order valence-electron chi connectivity index (χ3n) is 10.1. The summed E-state index contributed by atoms with van der Waals surface area (Å²) in [5, 5.41) is 10.3. The van der Waals surface area contributed by atoms with E-state index in [2.05, 4.69) is 193 Å². The molecular formula is C48H31NS. The lowest BCUT2D eigenvalue weighted by Crippen LogP contribution is -2.09. The molecule has 0 aliphatic carbocycles. The minimum Gasteiger partial charge on any atom is -0.310 e. The molecule has 0 N–H and O–H groups in total. The molecule has 0 unspecified atom stereocenters. The second-order valence-electron chi connectivity index (χ2n) is 12.9. The molecule has 9 aromatic carbocycles. The van der Waals surface area contributed by atoms with Crippen molar-refractivity contribution in [2.75, 3.05) is 4.90 Å². The summed E-state index contributed by atoms with van der Waals surface area (Å²) in [5.41, 5.74) is 8.28. The summed E-state index contributed by atoms with van der Waals surface area (Å²) in [6, 6.07) is 68.7. The van der Waals surface area contributed by atoms with Crippen molar-refractivity contribution in [3.05, 3.63) is 188 Å². The second kappa shape index (κ2) is 11.7. The Labute approximate surface area is 294 Å². The van der Waals surface area contributed by atoms with Crippen LogP contribution < -0.4 is 4.90 Å². The van der Waals surface area contributed by atoms with Gasteiger partial charge in [0.15, 0.2) is 0 Å². The summed E-state index contributed by atoms with van der Waals surface area (Å²) >= 11 is 1.86. The van der Waals surface area contributed by atoms with Crippen molar-refractivity contribution in [1.29, 1.82) is 0 Å². The fraction of sp³-hybridized carbons (Fsp3) is 0. The third-order valence-corrected chi connectivity index (χ3v) is 11.2. The molecule has 0 aliphatic rings. The van der Waals surface area contributed by atoms with E-state index in [1.807, 2.05) is 11.3 Å². The lowest BCUT2D eigenvalue weighted by molar-refractivity contribution is 1.29. The molecule has 0 amide bonds. The Hall–Kier alpha value is -6.22. The molecule has 1 nitrogen and oxygen atoms in total. The molecular weight excluding hydrogens is 623 g/mol. The van der Waals surface area contributed by atoms with Crippen molar-refractivity contribution >= 4 is 80.9 Å². The molecule has 50 heavy (non-hydrogen) atoms. The van der Waals surface area contributed by atoms with E-state index >= 15 is 0 Å². The maximum absolute atomic E-state index is 2.39. The van der Waals surface area contributed by atoms with Crippen LogP contribution in [0.2, 0.25) is 0 Å². The number of fused-ring (bicyclic) bond motifs is 8. The van der Waals surface area contributed by atoms with Crippen LogP contribution in [-0.2, 0) is 0 Å². The van der Waals surface area contributed by atoms with Gasteiger partial charge in [0.05, 0.1) is 0 Å². The van der Waals surface area contributed by atoms with Crippen LogP contribution in [0.3, 0.4) is 0 Å². The van der Waals surface area contributed by atoms with Crippen LogP contribution in [0.15, 0.2) is 188 Å². The van der Waals surface area contributed by atoms with E-state index in [1.54, 1.807) is 0 Å². The van der Waals surface area contributed by atoms with Gasteiger partial charge in [-0.25, -0.2) is 0 Å². The fourth-order valence-corrected chi connectivity index (χ4v) is 8.76. The summed E-state index contributed by atoms with van der Waals surface area (Å²) in [6.45, 7) is 0. The van der Waals surface area contributed by atoms with Crippen LogP contribution in [0.4, 0.5) is 17.1 Å². The molecule has 0 spiro atoms. The van der Waals surface area contributed by atoms with Crippen molar-refractivity contribution in [1.82, 2.24) is 0 Å². The van der Waals surface area contributed by atoms with Crippen LogP contribution in [-0.4, -0.2) is 0 Å². The van der Waals surface area contributed by atoms with Gasteiger partial charge in [-0.1, -0.05) is 140 Å². The third kappa shape index (κ3) is 4.76. The molecule has 10 rings (SSSR count). The Balaban J connectivity index is 1.12. The van der Waals surface area contributed by atoms with Crippen molar-refractivity contribution in [3.63, 3.8) is 0 Å². The lowest BCUT2D eigenvalue weighted by Gasteiger charge is -2.26. The average Bonchev–Trinajstić information content (AvgIpc) is 3.56. The number of benzene rings is 9. The predicted molar refractivity (Wildman–Crippen MR) is 217 cm³/mol. The summed E-state index contributed by atoms with van der Waals surface area (Å²) in [7, 11) is 0. The molecule has 0 radical (unpaired) electrons. The van der Waals surface area contributed by atoms with E-state index in [1.165, 1.54) is 74.7 Å². The van der Waals surface area contributed by atoms with E-state index in [-0.39, 0.29) is 0 Å². The van der Waals surface area contributed by atoms with E-state index in [0.717, 1.165) is 17.1 Å². The predicted octanol–water partition coefficient (Wildman–Crippen LogP) is 14.3. The summed E-state index contributed by atoms with van der Waals surface area (Å²) in [6.07, 6.45) is 0.